The average Bonchev–Trinajstić information content (AvgIpc) is 2.66. The Morgan fingerprint density at radius 2 is 1.64 bits per heavy atom. The largest absolute Gasteiger partial charge is 0.493 e. The van der Waals surface area contributed by atoms with Gasteiger partial charge >= 0.3 is 0 Å². The van der Waals surface area contributed by atoms with Crippen molar-refractivity contribution in [2.45, 2.75) is 26.3 Å². The Labute approximate surface area is 147 Å². The first-order valence-electron chi connectivity index (χ1n) is 7.95. The SMILES string of the molecule is CCc1ncc(C(=O)N[C@@H](C)c2cc(OC)c(OC)c(OC)c2)cn1. The van der Waals surface area contributed by atoms with E-state index < -0.39 is 0 Å². The zero-order valence-electron chi connectivity index (χ0n) is 15.1. The van der Waals surface area contributed by atoms with Gasteiger partial charge in [0.2, 0.25) is 5.75 Å². The number of methoxy groups -OCH3 is 3. The number of benzene rings is 1. The minimum Gasteiger partial charge on any atom is -0.493 e. The van der Waals surface area contributed by atoms with Crippen molar-refractivity contribution in [1.29, 1.82) is 0 Å². The number of aryl methyl sites for hydroxylation is 1. The molecule has 0 aliphatic carbocycles. The van der Waals surface area contributed by atoms with E-state index in [9.17, 15) is 4.79 Å². The molecule has 0 unspecified atom stereocenters. The molecule has 25 heavy (non-hydrogen) atoms. The zero-order valence-corrected chi connectivity index (χ0v) is 15.1. The Kier molecular flexibility index (Phi) is 6.16. The van der Waals surface area contributed by atoms with Gasteiger partial charge in [-0.05, 0) is 24.6 Å². The van der Waals surface area contributed by atoms with Crippen LogP contribution in [0.3, 0.4) is 0 Å². The van der Waals surface area contributed by atoms with Crippen molar-refractivity contribution in [2.24, 2.45) is 0 Å². The van der Waals surface area contributed by atoms with Gasteiger partial charge in [-0.15, -0.1) is 0 Å². The van der Waals surface area contributed by atoms with E-state index >= 15 is 0 Å². The van der Waals surface area contributed by atoms with Gasteiger partial charge in [0.1, 0.15) is 5.82 Å². The second-order valence-electron chi connectivity index (χ2n) is 5.40. The lowest BCUT2D eigenvalue weighted by Gasteiger charge is -2.18. The Balaban J connectivity index is 2.21. The Morgan fingerprint density at radius 1 is 1.08 bits per heavy atom. The fraction of sp³-hybridized carbons (Fsp3) is 0.389. The van der Waals surface area contributed by atoms with E-state index in [1.807, 2.05) is 26.0 Å². The Bertz CT molecular complexity index is 707. The summed E-state index contributed by atoms with van der Waals surface area (Å²) >= 11 is 0. The van der Waals surface area contributed by atoms with Crippen LogP contribution in [0.25, 0.3) is 0 Å². The molecule has 0 aliphatic heterocycles. The molecular weight excluding hydrogens is 322 g/mol. The van der Waals surface area contributed by atoms with Crippen molar-refractivity contribution >= 4 is 5.91 Å². The minimum absolute atomic E-state index is 0.246. The predicted molar refractivity (Wildman–Crippen MR) is 93.4 cm³/mol. The van der Waals surface area contributed by atoms with Crippen LogP contribution in [0.1, 0.15) is 41.6 Å². The van der Waals surface area contributed by atoms with Gasteiger partial charge in [-0.2, -0.15) is 0 Å². The first kappa shape index (κ1) is 18.5. The maximum Gasteiger partial charge on any atom is 0.254 e. The van der Waals surface area contributed by atoms with E-state index in [-0.39, 0.29) is 11.9 Å². The second-order valence-corrected chi connectivity index (χ2v) is 5.40. The van der Waals surface area contributed by atoms with Gasteiger partial charge in [0.05, 0.1) is 32.9 Å². The van der Waals surface area contributed by atoms with Gasteiger partial charge in [0.15, 0.2) is 11.5 Å². The number of carbonyl (C=O) groups is 1. The highest BCUT2D eigenvalue weighted by molar-refractivity contribution is 5.93. The maximum absolute atomic E-state index is 12.4. The molecule has 0 saturated carbocycles. The molecule has 1 amide bonds. The van der Waals surface area contributed by atoms with Crippen molar-refractivity contribution in [3.8, 4) is 17.2 Å². The molecule has 7 heteroatoms. The highest BCUT2D eigenvalue weighted by atomic mass is 16.5. The van der Waals surface area contributed by atoms with Crippen molar-refractivity contribution < 1.29 is 19.0 Å². The lowest BCUT2D eigenvalue weighted by atomic mass is 10.1. The summed E-state index contributed by atoms with van der Waals surface area (Å²) in [6.45, 7) is 3.83. The maximum atomic E-state index is 12.4. The molecule has 0 bridgehead atoms. The molecule has 0 spiro atoms. The van der Waals surface area contributed by atoms with Crippen LogP contribution in [0, 0.1) is 0 Å². The van der Waals surface area contributed by atoms with Crippen LogP contribution in [0.5, 0.6) is 17.2 Å². The van der Waals surface area contributed by atoms with Crippen molar-refractivity contribution in [1.82, 2.24) is 15.3 Å². The highest BCUT2D eigenvalue weighted by Gasteiger charge is 2.18. The molecular formula is C18H23N3O4. The number of amides is 1. The second kappa shape index (κ2) is 8.32. The third kappa shape index (κ3) is 4.17. The van der Waals surface area contributed by atoms with Gasteiger partial charge < -0.3 is 19.5 Å². The third-order valence-corrected chi connectivity index (χ3v) is 3.82. The van der Waals surface area contributed by atoms with Crippen molar-refractivity contribution in [3.63, 3.8) is 0 Å². The molecule has 1 aromatic carbocycles. The lowest BCUT2D eigenvalue weighted by Crippen LogP contribution is -2.27. The summed E-state index contributed by atoms with van der Waals surface area (Å²) in [6.07, 6.45) is 3.79. The number of aromatic nitrogens is 2. The molecule has 7 nitrogen and oxygen atoms in total. The average molecular weight is 345 g/mol. The molecule has 2 rings (SSSR count). The summed E-state index contributed by atoms with van der Waals surface area (Å²) in [5.41, 5.74) is 1.24. The smallest absolute Gasteiger partial charge is 0.254 e. The lowest BCUT2D eigenvalue weighted by molar-refractivity contribution is 0.0939. The Hall–Kier alpha value is -2.83. The molecule has 0 radical (unpaired) electrons. The van der Waals surface area contributed by atoms with Gasteiger partial charge in [0.25, 0.3) is 5.91 Å². The summed E-state index contributed by atoms with van der Waals surface area (Å²) in [5.74, 6) is 2.04. The number of nitrogens with one attached hydrogen (secondary N) is 1. The fourth-order valence-corrected chi connectivity index (χ4v) is 2.37. The number of carbonyl (C=O) groups excluding carboxylic acids is 1. The quantitative estimate of drug-likeness (QED) is 0.830. The summed E-state index contributed by atoms with van der Waals surface area (Å²) < 4.78 is 16.0. The molecule has 0 aliphatic rings. The predicted octanol–water partition coefficient (Wildman–Crippen LogP) is 2.56. The molecule has 1 N–H and O–H groups in total. The standard InChI is InChI=1S/C18H23N3O4/c1-6-16-19-9-13(10-20-16)18(22)21-11(2)12-7-14(23-3)17(25-5)15(8-12)24-4/h7-11H,6H2,1-5H3,(H,21,22)/t11-/m0/s1. The van der Waals surface area contributed by atoms with Crippen LogP contribution in [0.4, 0.5) is 0 Å². The topological polar surface area (TPSA) is 82.6 Å². The normalized spacial score (nSPS) is 11.6. The first-order chi connectivity index (χ1) is 12.0. The van der Waals surface area contributed by atoms with Gasteiger partial charge in [-0.25, -0.2) is 9.97 Å². The summed E-state index contributed by atoms with van der Waals surface area (Å²) in [4.78, 5) is 20.7. The molecule has 0 fully saturated rings. The highest BCUT2D eigenvalue weighted by Crippen LogP contribution is 2.39. The summed E-state index contributed by atoms with van der Waals surface area (Å²) in [7, 11) is 4.65. The summed E-state index contributed by atoms with van der Waals surface area (Å²) in [5, 5.41) is 2.92. The zero-order chi connectivity index (χ0) is 18.4. The van der Waals surface area contributed by atoms with Crippen LogP contribution < -0.4 is 19.5 Å². The summed E-state index contributed by atoms with van der Waals surface area (Å²) in [6, 6.07) is 3.35. The molecule has 0 saturated heterocycles. The minimum atomic E-state index is -0.271. The van der Waals surface area contributed by atoms with E-state index in [2.05, 4.69) is 15.3 Å². The number of hydrogen-bond donors (Lipinski definition) is 1. The number of hydrogen-bond acceptors (Lipinski definition) is 6. The van der Waals surface area contributed by atoms with Crippen LogP contribution >= 0.6 is 0 Å². The molecule has 1 atom stereocenters. The number of nitrogens with zero attached hydrogens (tertiary/aromatic N) is 2. The van der Waals surface area contributed by atoms with E-state index in [0.717, 1.165) is 12.0 Å². The van der Waals surface area contributed by atoms with Gasteiger partial charge in [0, 0.05) is 18.8 Å². The number of ether oxygens (including phenoxy) is 3. The first-order valence-corrected chi connectivity index (χ1v) is 7.95. The van der Waals surface area contributed by atoms with E-state index in [4.69, 9.17) is 14.2 Å². The fourth-order valence-electron chi connectivity index (χ4n) is 2.37. The van der Waals surface area contributed by atoms with Crippen LogP contribution in [-0.4, -0.2) is 37.2 Å². The molecule has 2 aromatic rings. The third-order valence-electron chi connectivity index (χ3n) is 3.82. The van der Waals surface area contributed by atoms with E-state index in [1.54, 1.807) is 21.3 Å². The van der Waals surface area contributed by atoms with E-state index in [0.29, 0.717) is 28.6 Å². The van der Waals surface area contributed by atoms with Crippen LogP contribution in [0.15, 0.2) is 24.5 Å². The molecule has 134 valence electrons. The number of rotatable bonds is 7. The Morgan fingerprint density at radius 3 is 2.08 bits per heavy atom. The van der Waals surface area contributed by atoms with Gasteiger partial charge in [-0.1, -0.05) is 6.92 Å². The monoisotopic (exact) mass is 345 g/mol. The van der Waals surface area contributed by atoms with Gasteiger partial charge in [-0.3, -0.25) is 4.79 Å². The molecule has 1 aromatic heterocycles. The van der Waals surface area contributed by atoms with Crippen molar-refractivity contribution in [3.05, 3.63) is 41.5 Å². The van der Waals surface area contributed by atoms with E-state index in [1.165, 1.54) is 12.4 Å². The molecule has 1 heterocycles. The van der Waals surface area contributed by atoms with Crippen molar-refractivity contribution in [2.75, 3.05) is 21.3 Å². The van der Waals surface area contributed by atoms with Crippen LogP contribution in [-0.2, 0) is 6.42 Å². The van der Waals surface area contributed by atoms with Crippen LogP contribution in [0.2, 0.25) is 0 Å².